The SMILES string of the molecule is CNC(=O)C[N+](C)(C)CCCC(=N)N1CC(SC2=C(C(=O)Cl)N3C(=O)[C@H]([C@@H](C)O)[C@H]3[C@H]2C)C1. The molecule has 2 fully saturated rings. The summed E-state index contributed by atoms with van der Waals surface area (Å²) in [6.45, 7) is 6.22. The number of hydrogen-bond donors (Lipinski definition) is 3. The molecule has 0 aromatic carbocycles. The number of amides is 2. The van der Waals surface area contributed by atoms with Crippen LogP contribution in [0.25, 0.3) is 0 Å². The molecular weight excluding hydrogens is 466 g/mol. The van der Waals surface area contributed by atoms with Crippen molar-refractivity contribution in [3.05, 3.63) is 10.6 Å². The molecular formula is C22H35ClN5O4S+. The summed E-state index contributed by atoms with van der Waals surface area (Å²) in [6, 6.07) is -0.219. The van der Waals surface area contributed by atoms with Gasteiger partial charge < -0.3 is 24.7 Å². The van der Waals surface area contributed by atoms with Crippen LogP contribution in [0.15, 0.2) is 10.6 Å². The highest BCUT2D eigenvalue weighted by atomic mass is 35.5. The van der Waals surface area contributed by atoms with Gasteiger partial charge in [0.05, 0.1) is 44.5 Å². The third-order valence-corrected chi connectivity index (χ3v) is 8.48. The van der Waals surface area contributed by atoms with E-state index in [2.05, 4.69) is 5.32 Å². The van der Waals surface area contributed by atoms with Gasteiger partial charge in [0.25, 0.3) is 11.1 Å². The maximum Gasteiger partial charge on any atom is 0.274 e. The fraction of sp³-hybridized carbons (Fsp3) is 0.727. The monoisotopic (exact) mass is 500 g/mol. The third kappa shape index (κ3) is 5.23. The number of carbonyl (C=O) groups is 3. The first-order valence-corrected chi connectivity index (χ1v) is 12.6. The number of thioether (sulfide) groups is 1. The van der Waals surface area contributed by atoms with Crippen LogP contribution in [0.1, 0.15) is 26.7 Å². The van der Waals surface area contributed by atoms with E-state index in [1.807, 2.05) is 25.9 Å². The Bertz CT molecular complexity index is 871. The minimum Gasteiger partial charge on any atom is -0.393 e. The number of allylic oxidation sites excluding steroid dienone is 1. The van der Waals surface area contributed by atoms with Crippen LogP contribution in [0.5, 0.6) is 0 Å². The molecule has 2 saturated heterocycles. The van der Waals surface area contributed by atoms with Crippen LogP contribution in [-0.4, -0.2) is 107 Å². The molecule has 11 heteroatoms. The number of quaternary nitrogens is 1. The van der Waals surface area contributed by atoms with E-state index in [9.17, 15) is 19.5 Å². The number of nitrogens with one attached hydrogen (secondary N) is 2. The first-order chi connectivity index (χ1) is 15.4. The molecule has 0 radical (unpaired) electrons. The molecule has 0 saturated carbocycles. The smallest absolute Gasteiger partial charge is 0.274 e. The molecule has 0 aliphatic carbocycles. The fourth-order valence-corrected chi connectivity index (χ4v) is 6.73. The normalized spacial score (nSPS) is 26.0. The van der Waals surface area contributed by atoms with E-state index < -0.39 is 17.3 Å². The lowest BCUT2D eigenvalue weighted by Crippen LogP contribution is -2.63. The van der Waals surface area contributed by atoms with Crippen LogP contribution in [0.3, 0.4) is 0 Å². The highest BCUT2D eigenvalue weighted by Crippen LogP contribution is 2.52. The lowest BCUT2D eigenvalue weighted by molar-refractivity contribution is -0.882. The number of fused-ring (bicyclic) bond motifs is 1. The molecule has 0 aromatic rings. The molecule has 4 atom stereocenters. The predicted octanol–water partition coefficient (Wildman–Crippen LogP) is 0.818. The van der Waals surface area contributed by atoms with Gasteiger partial charge >= 0.3 is 0 Å². The van der Waals surface area contributed by atoms with E-state index in [0.29, 0.717) is 36.4 Å². The average molecular weight is 501 g/mol. The highest BCUT2D eigenvalue weighted by molar-refractivity contribution is 8.03. The number of nitrogens with zero attached hydrogens (tertiary/aromatic N) is 3. The summed E-state index contributed by atoms with van der Waals surface area (Å²) in [5, 5.41) is 20.6. The number of halogens is 1. The van der Waals surface area contributed by atoms with Crippen molar-refractivity contribution < 1.29 is 24.0 Å². The van der Waals surface area contributed by atoms with Gasteiger partial charge in [-0.05, 0) is 18.5 Å². The summed E-state index contributed by atoms with van der Waals surface area (Å²) in [5.41, 5.74) is 0.269. The number of likely N-dealkylation sites (tertiary alicyclic amines) is 1. The Labute approximate surface area is 204 Å². The maximum atomic E-state index is 12.5. The number of aliphatic hydroxyl groups is 1. The van der Waals surface area contributed by atoms with E-state index in [4.69, 9.17) is 17.0 Å². The molecule has 9 nitrogen and oxygen atoms in total. The van der Waals surface area contributed by atoms with Crippen molar-refractivity contribution in [3.63, 3.8) is 0 Å². The largest absolute Gasteiger partial charge is 0.393 e. The molecule has 33 heavy (non-hydrogen) atoms. The zero-order valence-corrected chi connectivity index (χ0v) is 21.5. The summed E-state index contributed by atoms with van der Waals surface area (Å²) in [7, 11) is 5.66. The zero-order valence-electron chi connectivity index (χ0n) is 19.9. The van der Waals surface area contributed by atoms with Crippen LogP contribution in [-0.2, 0) is 14.4 Å². The molecule has 0 unspecified atom stereocenters. The lowest BCUT2D eigenvalue weighted by Gasteiger charge is -2.46. The Balaban J connectivity index is 1.50. The summed E-state index contributed by atoms with van der Waals surface area (Å²) < 4.78 is 0.580. The number of aliphatic hydroxyl groups excluding tert-OH is 1. The van der Waals surface area contributed by atoms with E-state index in [1.165, 1.54) is 4.90 Å². The second kappa shape index (κ2) is 9.93. The number of hydrogen-bond acceptors (Lipinski definition) is 6. The van der Waals surface area contributed by atoms with Gasteiger partial charge in [0.15, 0.2) is 6.54 Å². The topological polar surface area (TPSA) is 114 Å². The van der Waals surface area contributed by atoms with Crippen molar-refractivity contribution >= 4 is 46.3 Å². The predicted molar refractivity (Wildman–Crippen MR) is 129 cm³/mol. The number of carbonyl (C=O) groups excluding carboxylic acids is 3. The van der Waals surface area contributed by atoms with Crippen molar-refractivity contribution in [2.24, 2.45) is 11.8 Å². The van der Waals surface area contributed by atoms with Gasteiger partial charge in [-0.15, -0.1) is 11.8 Å². The van der Waals surface area contributed by atoms with Gasteiger partial charge in [-0.3, -0.25) is 19.8 Å². The average Bonchev–Trinajstić information content (AvgIpc) is 2.91. The first kappa shape index (κ1) is 26.0. The van der Waals surface area contributed by atoms with Crippen LogP contribution in [0, 0.1) is 17.2 Å². The van der Waals surface area contributed by atoms with Gasteiger partial charge in [0, 0.05) is 49.1 Å². The van der Waals surface area contributed by atoms with Crippen LogP contribution in [0.4, 0.5) is 0 Å². The Kier molecular flexibility index (Phi) is 7.82. The first-order valence-electron chi connectivity index (χ1n) is 11.3. The van der Waals surface area contributed by atoms with Crippen molar-refractivity contribution in [1.29, 1.82) is 5.41 Å². The molecule has 3 heterocycles. The Morgan fingerprint density at radius 3 is 2.55 bits per heavy atom. The number of amidine groups is 1. The van der Waals surface area contributed by atoms with Gasteiger partial charge in [-0.2, -0.15) is 0 Å². The number of β-lactam (4-membered cyclic amide) rings is 1. The van der Waals surface area contributed by atoms with E-state index in [0.717, 1.165) is 17.9 Å². The van der Waals surface area contributed by atoms with Gasteiger partial charge in [-0.25, -0.2) is 0 Å². The molecule has 2 amide bonds. The summed E-state index contributed by atoms with van der Waals surface area (Å²) in [4.78, 5) is 40.6. The number of likely N-dealkylation sites (N-methyl/N-ethyl adjacent to an activating group) is 2. The maximum absolute atomic E-state index is 12.5. The Morgan fingerprint density at radius 1 is 1.36 bits per heavy atom. The molecule has 3 rings (SSSR count). The standard InChI is InChI=1S/C22H34ClN5O4S/c1-12-18-17(13(2)29)22(32)27(18)19(21(23)31)20(12)33-14-9-26(10-14)15(24)7-6-8-28(4,5)11-16(30)25-3/h12-14,17-18,24,29H,6-11H2,1-5H3/p+1/t12-,13-,17-,18-/m1/s1. The summed E-state index contributed by atoms with van der Waals surface area (Å²) >= 11 is 7.43. The van der Waals surface area contributed by atoms with Crippen LogP contribution in [0.2, 0.25) is 0 Å². The molecule has 184 valence electrons. The van der Waals surface area contributed by atoms with Crippen LogP contribution < -0.4 is 5.32 Å². The van der Waals surface area contributed by atoms with Crippen LogP contribution >= 0.6 is 23.4 Å². The van der Waals surface area contributed by atoms with E-state index in [1.54, 1.807) is 25.7 Å². The zero-order chi connectivity index (χ0) is 24.7. The van der Waals surface area contributed by atoms with Gasteiger partial charge in [0.2, 0.25) is 5.91 Å². The lowest BCUT2D eigenvalue weighted by atomic mass is 9.79. The fourth-order valence-electron chi connectivity index (χ4n) is 4.95. The minimum absolute atomic E-state index is 0.00848. The molecule has 0 bridgehead atoms. The Morgan fingerprint density at radius 2 is 2.00 bits per heavy atom. The van der Waals surface area contributed by atoms with Crippen molar-refractivity contribution in [1.82, 2.24) is 15.1 Å². The molecule has 3 N–H and O–H groups in total. The molecule has 0 aromatic heterocycles. The van der Waals surface area contributed by atoms with Crippen molar-refractivity contribution in [2.45, 2.75) is 44.1 Å². The quantitative estimate of drug-likeness (QED) is 0.134. The summed E-state index contributed by atoms with van der Waals surface area (Å²) in [5.74, 6) is -0.201. The van der Waals surface area contributed by atoms with Gasteiger partial charge in [-0.1, -0.05) is 6.92 Å². The highest BCUT2D eigenvalue weighted by Gasteiger charge is 2.60. The molecule has 3 aliphatic heterocycles. The van der Waals surface area contributed by atoms with Crippen molar-refractivity contribution in [3.8, 4) is 0 Å². The summed E-state index contributed by atoms with van der Waals surface area (Å²) in [6.07, 6.45) is 0.707. The van der Waals surface area contributed by atoms with Crippen molar-refractivity contribution in [2.75, 3.05) is 47.3 Å². The molecule has 0 spiro atoms. The second-order valence-electron chi connectivity index (χ2n) is 9.93. The van der Waals surface area contributed by atoms with E-state index >= 15 is 0 Å². The Hall–Kier alpha value is -1.62. The second-order valence-corrected chi connectivity index (χ2v) is 11.6. The van der Waals surface area contributed by atoms with Gasteiger partial charge in [0.1, 0.15) is 5.70 Å². The van der Waals surface area contributed by atoms with E-state index in [-0.39, 0.29) is 34.7 Å². The minimum atomic E-state index is -0.767. The number of rotatable bonds is 10. The molecule has 3 aliphatic rings. The third-order valence-electron chi connectivity index (χ3n) is 6.85.